The summed E-state index contributed by atoms with van der Waals surface area (Å²) in [6, 6.07) is 34.6. The van der Waals surface area contributed by atoms with Gasteiger partial charge in [0.05, 0.1) is 24.8 Å². The number of fused-ring (bicyclic) bond motifs is 1. The fourth-order valence-corrected chi connectivity index (χ4v) is 9.26. The summed E-state index contributed by atoms with van der Waals surface area (Å²) in [5, 5.41) is 2.23. The van der Waals surface area contributed by atoms with Gasteiger partial charge in [-0.2, -0.15) is 0 Å². The molecule has 1 aliphatic rings. The third kappa shape index (κ3) is 4.09. The standard InChI is InChI=1S/C31H24NO5P/c1-37-31(36)28(27(33)21-32-29(34)25-19-11-12-20-26(25)30(32)35)38(22-13-5-2-6-14-22,23-15-7-3-8-16-23)24-17-9-4-10-18-24/h2-20H,21H2,1H3. The van der Waals surface area contributed by atoms with E-state index in [1.807, 2.05) is 91.0 Å². The zero-order valence-electron chi connectivity index (χ0n) is 20.6. The highest BCUT2D eigenvalue weighted by Crippen LogP contribution is 2.46. The van der Waals surface area contributed by atoms with Crippen molar-refractivity contribution in [1.29, 1.82) is 0 Å². The molecular weight excluding hydrogens is 497 g/mol. The third-order valence-corrected chi connectivity index (χ3v) is 10.9. The molecule has 0 saturated heterocycles. The lowest BCUT2D eigenvalue weighted by Gasteiger charge is -2.31. The van der Waals surface area contributed by atoms with E-state index in [0.717, 1.165) is 20.8 Å². The van der Waals surface area contributed by atoms with Gasteiger partial charge in [-0.3, -0.25) is 19.3 Å². The van der Waals surface area contributed by atoms with E-state index in [1.54, 1.807) is 24.3 Å². The van der Waals surface area contributed by atoms with Gasteiger partial charge in [0, 0.05) is 0 Å². The number of esters is 1. The van der Waals surface area contributed by atoms with Crippen molar-refractivity contribution in [2.24, 2.45) is 0 Å². The average molecular weight is 522 g/mol. The number of amides is 2. The number of ketones is 1. The summed E-state index contributed by atoms with van der Waals surface area (Å²) in [5.41, 5.74) is 0.473. The van der Waals surface area contributed by atoms with Crippen molar-refractivity contribution >= 4 is 51.7 Å². The van der Waals surface area contributed by atoms with Crippen LogP contribution in [0.1, 0.15) is 20.7 Å². The molecule has 0 atom stereocenters. The molecule has 7 heteroatoms. The first-order valence-electron chi connectivity index (χ1n) is 12.0. The molecule has 0 saturated carbocycles. The Morgan fingerprint density at radius 2 is 1.00 bits per heavy atom. The molecule has 0 aromatic heterocycles. The lowest BCUT2D eigenvalue weighted by molar-refractivity contribution is -0.133. The number of methoxy groups -OCH3 is 1. The summed E-state index contributed by atoms with van der Waals surface area (Å²) in [6.07, 6.45) is 0. The molecule has 0 N–H and O–H groups in total. The molecule has 0 fully saturated rings. The molecule has 4 aromatic carbocycles. The Balaban J connectivity index is 1.81. The van der Waals surface area contributed by atoms with Crippen molar-refractivity contribution in [2.45, 2.75) is 0 Å². The van der Waals surface area contributed by atoms with Gasteiger partial charge in [-0.1, -0.05) is 103 Å². The Morgan fingerprint density at radius 1 is 0.632 bits per heavy atom. The maximum atomic E-state index is 14.3. The second-order valence-corrected chi connectivity index (χ2v) is 12.0. The first kappa shape index (κ1) is 25.1. The summed E-state index contributed by atoms with van der Waals surface area (Å²) in [7, 11) is 1.23. The maximum absolute atomic E-state index is 14.3. The number of carbonyl (C=O) groups excluding carboxylic acids is 4. The number of Topliss-reactive ketones (excluding diaryl/α,β-unsaturated/α-hetero) is 1. The quantitative estimate of drug-likeness (QED) is 0.162. The molecule has 6 nitrogen and oxygen atoms in total. The minimum absolute atomic E-state index is 0.0832. The van der Waals surface area contributed by atoms with Crippen LogP contribution in [0.15, 0.2) is 115 Å². The first-order valence-corrected chi connectivity index (χ1v) is 13.8. The summed E-state index contributed by atoms with van der Waals surface area (Å²) >= 11 is 0. The van der Waals surface area contributed by atoms with Crippen LogP contribution in [0.4, 0.5) is 0 Å². The van der Waals surface area contributed by atoms with Crippen LogP contribution in [-0.2, 0) is 14.3 Å². The monoisotopic (exact) mass is 521 g/mol. The van der Waals surface area contributed by atoms with Gasteiger partial charge < -0.3 is 4.74 Å². The van der Waals surface area contributed by atoms with Gasteiger partial charge in [0.25, 0.3) is 11.8 Å². The Bertz CT molecular complexity index is 1460. The Morgan fingerprint density at radius 3 is 1.37 bits per heavy atom. The number of hydrogen-bond donors (Lipinski definition) is 0. The number of benzene rings is 4. The highest BCUT2D eigenvalue weighted by atomic mass is 31.2. The van der Waals surface area contributed by atoms with Gasteiger partial charge in [-0.15, -0.1) is 0 Å². The number of hydrogen-bond acceptors (Lipinski definition) is 5. The van der Waals surface area contributed by atoms with Crippen molar-refractivity contribution in [1.82, 2.24) is 4.90 Å². The fourth-order valence-electron chi connectivity index (χ4n) is 4.93. The summed E-state index contributed by atoms with van der Waals surface area (Å²) in [6.45, 7) is -3.70. The van der Waals surface area contributed by atoms with Crippen LogP contribution in [0, 0.1) is 0 Å². The van der Waals surface area contributed by atoms with Crippen LogP contribution < -0.4 is 15.9 Å². The van der Waals surface area contributed by atoms with E-state index in [4.69, 9.17) is 4.74 Å². The molecule has 0 bridgehead atoms. The van der Waals surface area contributed by atoms with E-state index < -0.39 is 37.0 Å². The Hall–Kier alpha value is -4.54. The number of carbonyl (C=O) groups is 4. The molecule has 0 unspecified atom stereocenters. The Kier molecular flexibility index (Phi) is 6.91. The number of rotatable bonds is 7. The van der Waals surface area contributed by atoms with Crippen molar-refractivity contribution in [3.05, 3.63) is 126 Å². The minimum Gasteiger partial charge on any atom is -0.465 e. The molecule has 4 aromatic rings. The molecule has 5 rings (SSSR count). The van der Waals surface area contributed by atoms with Gasteiger partial charge in [0.2, 0.25) is 0 Å². The molecule has 188 valence electrons. The highest BCUT2D eigenvalue weighted by Gasteiger charge is 2.41. The zero-order valence-corrected chi connectivity index (χ0v) is 21.5. The van der Waals surface area contributed by atoms with Crippen LogP contribution in [0.2, 0.25) is 0 Å². The van der Waals surface area contributed by atoms with Crippen LogP contribution in [-0.4, -0.2) is 47.4 Å². The van der Waals surface area contributed by atoms with Crippen LogP contribution in [0.25, 0.3) is 0 Å². The molecular formula is C31H24NO5P. The largest absolute Gasteiger partial charge is 0.465 e. The predicted molar refractivity (Wildman–Crippen MR) is 149 cm³/mol. The lowest BCUT2D eigenvalue weighted by atomic mass is 10.1. The van der Waals surface area contributed by atoms with Gasteiger partial charge in [0.1, 0.15) is 5.29 Å². The van der Waals surface area contributed by atoms with Crippen molar-refractivity contribution in [3.63, 3.8) is 0 Å². The molecule has 1 aliphatic heterocycles. The van der Waals surface area contributed by atoms with Crippen molar-refractivity contribution < 1.29 is 23.9 Å². The lowest BCUT2D eigenvalue weighted by Crippen LogP contribution is -2.44. The zero-order chi connectivity index (χ0) is 26.7. The molecule has 0 spiro atoms. The minimum atomic E-state index is -3.12. The number of imide groups is 1. The normalized spacial score (nSPS) is 12.7. The smallest absolute Gasteiger partial charge is 0.342 e. The number of ether oxygens (including phenoxy) is 1. The first-order chi connectivity index (χ1) is 18.5. The summed E-state index contributed by atoms with van der Waals surface area (Å²) in [4.78, 5) is 55.0. The predicted octanol–water partition coefficient (Wildman–Crippen LogP) is 3.19. The topological polar surface area (TPSA) is 80.8 Å². The van der Waals surface area contributed by atoms with Crippen LogP contribution in [0.5, 0.6) is 0 Å². The second kappa shape index (κ2) is 10.4. The molecule has 2 amide bonds. The van der Waals surface area contributed by atoms with Crippen molar-refractivity contribution in [3.8, 4) is 0 Å². The molecule has 38 heavy (non-hydrogen) atoms. The third-order valence-electron chi connectivity index (χ3n) is 6.59. The van der Waals surface area contributed by atoms with Crippen LogP contribution in [0.3, 0.4) is 0 Å². The van der Waals surface area contributed by atoms with Crippen molar-refractivity contribution in [2.75, 3.05) is 13.7 Å². The highest BCUT2D eigenvalue weighted by molar-refractivity contribution is 7.97. The van der Waals surface area contributed by atoms with E-state index in [1.165, 1.54) is 7.11 Å². The average Bonchev–Trinajstić information content (AvgIpc) is 3.21. The molecule has 0 aliphatic carbocycles. The fraction of sp³-hybridized carbons (Fsp3) is 0.0645. The van der Waals surface area contributed by atoms with Crippen LogP contribution >= 0.6 is 6.89 Å². The van der Waals surface area contributed by atoms with Gasteiger partial charge >= 0.3 is 5.97 Å². The molecule has 0 radical (unpaired) electrons. The SMILES string of the molecule is COC(=O)C(C(=O)CN1C(=O)c2ccccc2C1=O)=P(c1ccccc1)(c1ccccc1)c1ccccc1. The number of nitrogens with zero attached hydrogens (tertiary/aromatic N) is 1. The van der Waals surface area contributed by atoms with Gasteiger partial charge in [-0.05, 0) is 34.9 Å². The van der Waals surface area contributed by atoms with E-state index >= 15 is 0 Å². The second-order valence-electron chi connectivity index (χ2n) is 8.68. The van der Waals surface area contributed by atoms with E-state index in [2.05, 4.69) is 0 Å². The van der Waals surface area contributed by atoms with Gasteiger partial charge in [-0.25, -0.2) is 4.79 Å². The maximum Gasteiger partial charge on any atom is 0.342 e. The van der Waals surface area contributed by atoms with E-state index in [0.29, 0.717) is 0 Å². The van der Waals surface area contributed by atoms with E-state index in [-0.39, 0.29) is 16.4 Å². The summed E-state index contributed by atoms with van der Waals surface area (Å²) in [5.74, 6) is -2.56. The summed E-state index contributed by atoms with van der Waals surface area (Å²) < 4.78 is 5.23. The Labute approximate surface area is 220 Å². The van der Waals surface area contributed by atoms with E-state index in [9.17, 15) is 19.2 Å². The molecule has 1 heterocycles. The van der Waals surface area contributed by atoms with Gasteiger partial charge in [0.15, 0.2) is 5.78 Å².